The molecule has 4 saturated carbocycles. The molecule has 5 rings (SSSR count). The van der Waals surface area contributed by atoms with Crippen LogP contribution in [0, 0.1) is 56.7 Å². The van der Waals surface area contributed by atoms with Gasteiger partial charge in [-0.05, 0) is 96.7 Å². The van der Waals surface area contributed by atoms with Crippen molar-refractivity contribution in [3.8, 4) is 0 Å². The van der Waals surface area contributed by atoms with Crippen LogP contribution >= 0.6 is 0 Å². The zero-order valence-electron chi connectivity index (χ0n) is 22.1. The molecular formula is C30H46O3. The molecule has 0 bridgehead atoms. The molecule has 0 spiro atoms. The largest absolute Gasteiger partial charge is 0.481 e. The lowest BCUT2D eigenvalue weighted by molar-refractivity contribution is -0.183. The summed E-state index contributed by atoms with van der Waals surface area (Å²) in [5.41, 5.74) is 2.07. The second kappa shape index (κ2) is 6.97. The quantitative estimate of drug-likeness (QED) is 0.423. The molecule has 3 heteroatoms. The molecule has 0 saturated heterocycles. The van der Waals surface area contributed by atoms with Crippen molar-refractivity contribution in [2.75, 3.05) is 0 Å². The van der Waals surface area contributed by atoms with Crippen molar-refractivity contribution < 1.29 is 14.7 Å². The fourth-order valence-corrected chi connectivity index (χ4v) is 10.7. The minimum absolute atomic E-state index is 0.0818. The number of allylic oxidation sites excluding steroid dienone is 2. The zero-order valence-corrected chi connectivity index (χ0v) is 22.1. The Balaban J connectivity index is 1.57. The lowest BCUT2D eigenvalue weighted by Crippen LogP contribution is -2.63. The van der Waals surface area contributed by atoms with Crippen LogP contribution in [0.3, 0.4) is 0 Å². The van der Waals surface area contributed by atoms with Crippen LogP contribution in [0.25, 0.3) is 0 Å². The number of ketones is 1. The standard InChI is InChI=1S/C30H46O3/c1-26(2)16-19-18(20(17-26)25(32)33)10-14-29(6)21(19)8-9-23-28(5)13-12-24(31)27(3,4)22(28)11-15-30(23,29)7/h8,18-20,22-23H,9-17H2,1-7H3,(H,32,33)/t18?,19?,20-,22?,23?,28?,29?,30?/m1/s1. The van der Waals surface area contributed by atoms with Crippen molar-refractivity contribution in [1.29, 1.82) is 0 Å². The van der Waals surface area contributed by atoms with Crippen molar-refractivity contribution in [3.63, 3.8) is 0 Å². The third-order valence-corrected chi connectivity index (χ3v) is 12.5. The molecule has 5 aliphatic carbocycles. The van der Waals surface area contributed by atoms with Crippen LogP contribution < -0.4 is 0 Å². The minimum atomic E-state index is -0.580. The summed E-state index contributed by atoms with van der Waals surface area (Å²) in [5, 5.41) is 10.1. The van der Waals surface area contributed by atoms with Gasteiger partial charge in [-0.3, -0.25) is 9.59 Å². The van der Waals surface area contributed by atoms with Gasteiger partial charge in [-0.1, -0.05) is 60.1 Å². The fourth-order valence-electron chi connectivity index (χ4n) is 10.7. The topological polar surface area (TPSA) is 54.4 Å². The second-order valence-corrected chi connectivity index (χ2v) is 14.8. The van der Waals surface area contributed by atoms with Gasteiger partial charge in [0.1, 0.15) is 5.78 Å². The first kappa shape index (κ1) is 23.6. The molecule has 0 heterocycles. The predicted octanol–water partition coefficient (Wildman–Crippen LogP) is 7.30. The van der Waals surface area contributed by atoms with Crippen LogP contribution in [0.4, 0.5) is 0 Å². The van der Waals surface area contributed by atoms with E-state index >= 15 is 0 Å². The van der Waals surface area contributed by atoms with E-state index in [-0.39, 0.29) is 33.0 Å². The third kappa shape index (κ3) is 2.99. The van der Waals surface area contributed by atoms with Crippen LogP contribution in [-0.2, 0) is 9.59 Å². The smallest absolute Gasteiger partial charge is 0.306 e. The van der Waals surface area contributed by atoms with Gasteiger partial charge >= 0.3 is 5.97 Å². The Labute approximate surface area is 201 Å². The molecule has 0 radical (unpaired) electrons. The summed E-state index contributed by atoms with van der Waals surface area (Å²) >= 11 is 0. The zero-order chi connectivity index (χ0) is 24.2. The van der Waals surface area contributed by atoms with E-state index in [0.29, 0.717) is 29.5 Å². The normalized spacial score (nSPS) is 50.2. The molecule has 33 heavy (non-hydrogen) atoms. The van der Waals surface area contributed by atoms with Crippen LogP contribution in [0.15, 0.2) is 11.6 Å². The number of carboxylic acids is 1. The van der Waals surface area contributed by atoms with E-state index in [1.165, 1.54) is 6.42 Å². The first-order chi connectivity index (χ1) is 15.2. The van der Waals surface area contributed by atoms with Gasteiger partial charge in [0.15, 0.2) is 0 Å². The maximum absolute atomic E-state index is 12.9. The van der Waals surface area contributed by atoms with Gasteiger partial charge < -0.3 is 5.11 Å². The highest BCUT2D eigenvalue weighted by atomic mass is 16.4. The van der Waals surface area contributed by atoms with E-state index in [1.54, 1.807) is 5.57 Å². The average molecular weight is 455 g/mol. The molecule has 0 aromatic heterocycles. The average Bonchev–Trinajstić information content (AvgIpc) is 2.70. The SMILES string of the molecule is CC1(C)CC2C3=CCC4C5(C)CCC(=O)C(C)(C)C5CCC4(C)C3(C)CCC2[C@H](C(=O)O)C1. The minimum Gasteiger partial charge on any atom is -0.481 e. The van der Waals surface area contributed by atoms with Gasteiger partial charge in [-0.2, -0.15) is 0 Å². The molecule has 4 fully saturated rings. The summed E-state index contributed by atoms with van der Waals surface area (Å²) in [6, 6.07) is 0. The summed E-state index contributed by atoms with van der Waals surface area (Å²) < 4.78 is 0. The van der Waals surface area contributed by atoms with Gasteiger partial charge in [0, 0.05) is 11.8 Å². The van der Waals surface area contributed by atoms with Crippen LogP contribution in [0.2, 0.25) is 0 Å². The Morgan fingerprint density at radius 3 is 2.30 bits per heavy atom. The number of carboxylic acid groups (broad SMARTS) is 1. The van der Waals surface area contributed by atoms with Crippen molar-refractivity contribution in [1.82, 2.24) is 0 Å². The number of aliphatic carboxylic acids is 1. The Bertz CT molecular complexity index is 912. The van der Waals surface area contributed by atoms with Gasteiger partial charge in [0.05, 0.1) is 5.92 Å². The molecule has 3 nitrogen and oxygen atoms in total. The highest BCUT2D eigenvalue weighted by Crippen LogP contribution is 2.74. The summed E-state index contributed by atoms with van der Waals surface area (Å²) in [6.45, 7) is 16.6. The maximum atomic E-state index is 12.9. The molecule has 8 atom stereocenters. The molecule has 1 N–H and O–H groups in total. The second-order valence-electron chi connectivity index (χ2n) is 14.8. The molecule has 0 amide bonds. The Morgan fingerprint density at radius 1 is 0.939 bits per heavy atom. The number of carbonyl (C=O) groups is 2. The Morgan fingerprint density at radius 2 is 1.64 bits per heavy atom. The molecule has 5 aliphatic rings. The highest BCUT2D eigenvalue weighted by molar-refractivity contribution is 5.85. The van der Waals surface area contributed by atoms with E-state index in [0.717, 1.165) is 51.4 Å². The summed E-state index contributed by atoms with van der Waals surface area (Å²) in [6.07, 6.45) is 12.0. The first-order valence-corrected chi connectivity index (χ1v) is 13.6. The van der Waals surface area contributed by atoms with E-state index in [1.807, 2.05) is 0 Å². The number of Topliss-reactive ketones (excluding diaryl/α,β-unsaturated/α-hetero) is 1. The number of fused-ring (bicyclic) bond motifs is 7. The molecule has 0 aliphatic heterocycles. The number of hydrogen-bond donors (Lipinski definition) is 1. The van der Waals surface area contributed by atoms with Crippen molar-refractivity contribution in [2.24, 2.45) is 56.7 Å². The van der Waals surface area contributed by atoms with E-state index in [4.69, 9.17) is 0 Å². The maximum Gasteiger partial charge on any atom is 0.306 e. The van der Waals surface area contributed by atoms with E-state index in [9.17, 15) is 14.7 Å². The van der Waals surface area contributed by atoms with Crippen molar-refractivity contribution >= 4 is 11.8 Å². The van der Waals surface area contributed by atoms with Crippen molar-refractivity contribution in [3.05, 3.63) is 11.6 Å². The first-order valence-electron chi connectivity index (χ1n) is 13.6. The summed E-state index contributed by atoms with van der Waals surface area (Å²) in [4.78, 5) is 25.2. The number of carbonyl (C=O) groups excluding carboxylic acids is 1. The number of rotatable bonds is 1. The summed E-state index contributed by atoms with van der Waals surface area (Å²) in [7, 11) is 0. The van der Waals surface area contributed by atoms with Crippen LogP contribution in [-0.4, -0.2) is 16.9 Å². The molecule has 0 aromatic rings. The van der Waals surface area contributed by atoms with Crippen molar-refractivity contribution in [2.45, 2.75) is 106 Å². The van der Waals surface area contributed by atoms with E-state index in [2.05, 4.69) is 54.5 Å². The van der Waals surface area contributed by atoms with Gasteiger partial charge in [-0.15, -0.1) is 0 Å². The van der Waals surface area contributed by atoms with E-state index < -0.39 is 5.97 Å². The molecule has 7 unspecified atom stereocenters. The lowest BCUT2D eigenvalue weighted by atomic mass is 9.34. The third-order valence-electron chi connectivity index (χ3n) is 12.5. The summed E-state index contributed by atoms with van der Waals surface area (Å²) in [5.74, 6) is 1.49. The monoisotopic (exact) mass is 454 g/mol. The predicted molar refractivity (Wildman–Crippen MR) is 132 cm³/mol. The van der Waals surface area contributed by atoms with Crippen LogP contribution in [0.1, 0.15) is 106 Å². The molecule has 184 valence electrons. The van der Waals surface area contributed by atoms with Gasteiger partial charge in [0.2, 0.25) is 0 Å². The molecule has 0 aromatic carbocycles. The highest BCUT2D eigenvalue weighted by Gasteiger charge is 2.67. The van der Waals surface area contributed by atoms with Gasteiger partial charge in [-0.25, -0.2) is 0 Å². The molecular weight excluding hydrogens is 408 g/mol. The fraction of sp³-hybridized carbons (Fsp3) is 0.867. The van der Waals surface area contributed by atoms with Gasteiger partial charge in [0.25, 0.3) is 0 Å². The Kier molecular flexibility index (Phi) is 4.99. The lowest BCUT2D eigenvalue weighted by Gasteiger charge is -2.70. The van der Waals surface area contributed by atoms with Crippen LogP contribution in [0.5, 0.6) is 0 Å². The number of hydrogen-bond acceptors (Lipinski definition) is 2. The Hall–Kier alpha value is -1.12.